The van der Waals surface area contributed by atoms with E-state index in [1.165, 1.54) is 6.08 Å². The summed E-state index contributed by atoms with van der Waals surface area (Å²) in [6, 6.07) is 1.77. The molecule has 0 unspecified atom stereocenters. The van der Waals surface area contributed by atoms with Gasteiger partial charge in [-0.2, -0.15) is 5.10 Å². The summed E-state index contributed by atoms with van der Waals surface area (Å²) in [5, 5.41) is 12.7. The van der Waals surface area contributed by atoms with Gasteiger partial charge in [0.25, 0.3) is 0 Å². The van der Waals surface area contributed by atoms with Crippen molar-refractivity contribution < 1.29 is 9.90 Å². The maximum absolute atomic E-state index is 10.4. The number of nitrogens with zero attached hydrogens (tertiary/aromatic N) is 3. The number of rotatable bonds is 2. The molecule has 2 rings (SSSR count). The molecule has 0 bridgehead atoms. The van der Waals surface area contributed by atoms with Crippen molar-refractivity contribution in [1.29, 1.82) is 0 Å². The first-order valence-corrected chi connectivity index (χ1v) is 4.39. The fraction of sp³-hybridized carbons (Fsp3) is 0.100. The highest BCUT2D eigenvalue weighted by atomic mass is 16.4. The van der Waals surface area contributed by atoms with E-state index >= 15 is 0 Å². The molecule has 0 spiro atoms. The summed E-state index contributed by atoms with van der Waals surface area (Å²) < 4.78 is 1.62. The average Bonchev–Trinajstić information content (AvgIpc) is 2.50. The van der Waals surface area contributed by atoms with Crippen LogP contribution in [0.4, 0.5) is 0 Å². The van der Waals surface area contributed by atoms with Crippen LogP contribution in [0, 0.1) is 6.92 Å². The van der Waals surface area contributed by atoms with E-state index in [4.69, 9.17) is 5.11 Å². The number of aromatic nitrogens is 3. The Morgan fingerprint density at radius 3 is 3.13 bits per heavy atom. The average molecular weight is 203 g/mol. The van der Waals surface area contributed by atoms with Crippen molar-refractivity contribution in [1.82, 2.24) is 14.6 Å². The van der Waals surface area contributed by atoms with Crippen molar-refractivity contribution in [3.05, 3.63) is 35.8 Å². The van der Waals surface area contributed by atoms with E-state index in [0.29, 0.717) is 5.65 Å². The first-order chi connectivity index (χ1) is 7.18. The summed E-state index contributed by atoms with van der Waals surface area (Å²) in [6.07, 6.45) is 6.01. The molecule has 2 heterocycles. The first-order valence-electron chi connectivity index (χ1n) is 4.39. The van der Waals surface area contributed by atoms with Gasteiger partial charge in [0.15, 0.2) is 5.65 Å². The maximum atomic E-state index is 10.4. The number of aliphatic carboxylic acids is 1. The van der Waals surface area contributed by atoms with E-state index in [9.17, 15) is 4.79 Å². The zero-order chi connectivity index (χ0) is 10.8. The number of hydrogen-bond donors (Lipinski definition) is 1. The van der Waals surface area contributed by atoms with E-state index in [1.807, 2.05) is 6.92 Å². The number of fused-ring (bicyclic) bond motifs is 1. The highest BCUT2D eigenvalue weighted by molar-refractivity contribution is 5.87. The second kappa shape index (κ2) is 3.53. The van der Waals surface area contributed by atoms with Crippen LogP contribution in [0.2, 0.25) is 0 Å². The van der Waals surface area contributed by atoms with Crippen molar-refractivity contribution in [3.63, 3.8) is 0 Å². The minimum atomic E-state index is -0.982. The number of aryl methyl sites for hydroxylation is 1. The highest BCUT2D eigenvalue weighted by Crippen LogP contribution is 2.14. The van der Waals surface area contributed by atoms with Gasteiger partial charge in [-0.15, -0.1) is 0 Å². The number of carboxylic acid groups (broad SMARTS) is 1. The second-order valence-corrected chi connectivity index (χ2v) is 3.06. The Hall–Kier alpha value is -2.17. The molecule has 2 aromatic rings. The molecule has 0 aromatic carbocycles. The molecule has 0 aliphatic rings. The van der Waals surface area contributed by atoms with Gasteiger partial charge in [0.1, 0.15) is 0 Å². The molecule has 0 radical (unpaired) electrons. The standard InChI is InChI=1S/C10H9N3O2/c1-7-8(3-4-9(14)15)10-11-5-2-6-13(10)12-7/h2-6H,1H3,(H,14,15)/b4-3+. The third kappa shape index (κ3) is 1.71. The van der Waals surface area contributed by atoms with Crippen LogP contribution in [-0.4, -0.2) is 25.7 Å². The quantitative estimate of drug-likeness (QED) is 0.743. The Labute approximate surface area is 85.7 Å². The monoisotopic (exact) mass is 203 g/mol. The number of carbonyl (C=O) groups is 1. The normalized spacial score (nSPS) is 11.3. The lowest BCUT2D eigenvalue weighted by atomic mass is 10.2. The molecule has 0 atom stereocenters. The smallest absolute Gasteiger partial charge is 0.328 e. The summed E-state index contributed by atoms with van der Waals surface area (Å²) in [4.78, 5) is 14.5. The third-order valence-electron chi connectivity index (χ3n) is 2.01. The van der Waals surface area contributed by atoms with Crippen molar-refractivity contribution in [3.8, 4) is 0 Å². The molecule has 0 aliphatic heterocycles. The van der Waals surface area contributed by atoms with Crippen LogP contribution in [0.5, 0.6) is 0 Å². The van der Waals surface area contributed by atoms with Crippen molar-refractivity contribution in [2.75, 3.05) is 0 Å². The highest BCUT2D eigenvalue weighted by Gasteiger charge is 2.06. The lowest BCUT2D eigenvalue weighted by Gasteiger charge is -1.90. The molecule has 15 heavy (non-hydrogen) atoms. The van der Waals surface area contributed by atoms with Crippen molar-refractivity contribution >= 4 is 17.7 Å². The van der Waals surface area contributed by atoms with Gasteiger partial charge < -0.3 is 5.11 Å². The number of hydrogen-bond acceptors (Lipinski definition) is 3. The van der Waals surface area contributed by atoms with Crippen LogP contribution >= 0.6 is 0 Å². The van der Waals surface area contributed by atoms with Gasteiger partial charge >= 0.3 is 5.97 Å². The molecule has 0 saturated heterocycles. The molecular formula is C10H9N3O2. The lowest BCUT2D eigenvalue weighted by molar-refractivity contribution is -0.131. The summed E-state index contributed by atoms with van der Waals surface area (Å²) in [5.74, 6) is -0.982. The van der Waals surface area contributed by atoms with Crippen molar-refractivity contribution in [2.45, 2.75) is 6.92 Å². The number of carboxylic acids is 1. The molecule has 5 nitrogen and oxygen atoms in total. The predicted molar refractivity (Wildman–Crippen MR) is 54.4 cm³/mol. The summed E-state index contributed by atoms with van der Waals surface area (Å²) >= 11 is 0. The summed E-state index contributed by atoms with van der Waals surface area (Å²) in [7, 11) is 0. The Bertz CT molecular complexity index is 543. The molecule has 0 amide bonds. The van der Waals surface area contributed by atoms with Gasteiger partial charge in [0, 0.05) is 24.0 Å². The van der Waals surface area contributed by atoms with Gasteiger partial charge in [0.05, 0.1) is 5.69 Å². The molecule has 2 aromatic heterocycles. The Morgan fingerprint density at radius 1 is 1.60 bits per heavy atom. The van der Waals surface area contributed by atoms with Crippen LogP contribution in [0.3, 0.4) is 0 Å². The van der Waals surface area contributed by atoms with E-state index < -0.39 is 5.97 Å². The van der Waals surface area contributed by atoms with E-state index in [2.05, 4.69) is 10.1 Å². The van der Waals surface area contributed by atoms with Gasteiger partial charge in [-0.3, -0.25) is 0 Å². The van der Waals surface area contributed by atoms with Crippen LogP contribution in [0.25, 0.3) is 11.7 Å². The lowest BCUT2D eigenvalue weighted by Crippen LogP contribution is -1.88. The fourth-order valence-corrected chi connectivity index (χ4v) is 1.36. The molecule has 0 saturated carbocycles. The van der Waals surface area contributed by atoms with Gasteiger partial charge in [-0.25, -0.2) is 14.3 Å². The Balaban J connectivity index is 2.59. The SMILES string of the molecule is Cc1nn2cccnc2c1/C=C/C(=O)O. The maximum Gasteiger partial charge on any atom is 0.328 e. The largest absolute Gasteiger partial charge is 0.478 e. The first kappa shape index (κ1) is 9.39. The van der Waals surface area contributed by atoms with Crippen LogP contribution in [0.1, 0.15) is 11.3 Å². The van der Waals surface area contributed by atoms with Crippen LogP contribution < -0.4 is 0 Å². The zero-order valence-corrected chi connectivity index (χ0v) is 8.08. The molecular weight excluding hydrogens is 194 g/mol. The minimum Gasteiger partial charge on any atom is -0.478 e. The topological polar surface area (TPSA) is 67.5 Å². The van der Waals surface area contributed by atoms with E-state index in [0.717, 1.165) is 17.3 Å². The molecule has 5 heteroatoms. The predicted octanol–water partition coefficient (Wildman–Crippen LogP) is 1.14. The third-order valence-corrected chi connectivity index (χ3v) is 2.01. The van der Waals surface area contributed by atoms with E-state index in [1.54, 1.807) is 23.0 Å². The summed E-state index contributed by atoms with van der Waals surface area (Å²) in [5.41, 5.74) is 2.15. The molecule has 0 fully saturated rings. The van der Waals surface area contributed by atoms with Gasteiger partial charge in [0.2, 0.25) is 0 Å². The minimum absolute atomic E-state index is 0.660. The summed E-state index contributed by atoms with van der Waals surface area (Å²) in [6.45, 7) is 1.82. The van der Waals surface area contributed by atoms with Gasteiger partial charge in [-0.1, -0.05) is 0 Å². The zero-order valence-electron chi connectivity index (χ0n) is 8.08. The van der Waals surface area contributed by atoms with Crippen LogP contribution in [-0.2, 0) is 4.79 Å². The fourth-order valence-electron chi connectivity index (χ4n) is 1.36. The molecule has 0 aliphatic carbocycles. The second-order valence-electron chi connectivity index (χ2n) is 3.06. The van der Waals surface area contributed by atoms with Gasteiger partial charge in [-0.05, 0) is 19.1 Å². The van der Waals surface area contributed by atoms with E-state index in [-0.39, 0.29) is 0 Å². The Kier molecular flexibility index (Phi) is 2.21. The van der Waals surface area contributed by atoms with Crippen LogP contribution in [0.15, 0.2) is 24.5 Å². The molecule has 1 N–H and O–H groups in total. The Morgan fingerprint density at radius 2 is 2.40 bits per heavy atom. The molecule has 76 valence electrons. The van der Waals surface area contributed by atoms with Crippen molar-refractivity contribution in [2.24, 2.45) is 0 Å².